The van der Waals surface area contributed by atoms with E-state index in [-0.39, 0.29) is 5.54 Å². The summed E-state index contributed by atoms with van der Waals surface area (Å²) in [7, 11) is 0. The van der Waals surface area contributed by atoms with Gasteiger partial charge in [0.15, 0.2) is 0 Å². The molecule has 2 nitrogen and oxygen atoms in total. The third-order valence-electron chi connectivity index (χ3n) is 2.74. The zero-order valence-electron chi connectivity index (χ0n) is 9.91. The average Bonchev–Trinajstić information content (AvgIpc) is 2.59. The molecule has 1 heterocycles. The molecule has 2 rings (SSSR count). The Balaban J connectivity index is 2.67. The lowest BCUT2D eigenvalue weighted by Gasteiger charge is -2.21. The summed E-state index contributed by atoms with van der Waals surface area (Å²) < 4.78 is 2.24. The topological polar surface area (TPSA) is 17.8 Å². The van der Waals surface area contributed by atoms with Crippen LogP contribution in [0.4, 0.5) is 0 Å². The summed E-state index contributed by atoms with van der Waals surface area (Å²) >= 11 is 0. The molecule has 0 amide bonds. The number of rotatable bonds is 1. The second kappa shape index (κ2) is 3.37. The minimum Gasteiger partial charge on any atom is -0.325 e. The van der Waals surface area contributed by atoms with E-state index < -0.39 is 0 Å². The Morgan fingerprint density at radius 3 is 2.60 bits per heavy atom. The largest absolute Gasteiger partial charge is 0.325 e. The van der Waals surface area contributed by atoms with E-state index in [0.717, 1.165) is 11.9 Å². The van der Waals surface area contributed by atoms with Crippen LogP contribution in [-0.4, -0.2) is 9.55 Å². The molecule has 0 N–H and O–H groups in total. The maximum Gasteiger partial charge on any atom is 0.0963 e. The fourth-order valence-electron chi connectivity index (χ4n) is 1.81. The van der Waals surface area contributed by atoms with Crippen LogP contribution in [0.2, 0.25) is 0 Å². The van der Waals surface area contributed by atoms with Crippen LogP contribution in [0.15, 0.2) is 24.5 Å². The Bertz CT molecular complexity index is 475. The molecule has 0 fully saturated rings. The van der Waals surface area contributed by atoms with Gasteiger partial charge in [-0.1, -0.05) is 13.0 Å². The Morgan fingerprint density at radius 1 is 1.27 bits per heavy atom. The summed E-state index contributed by atoms with van der Waals surface area (Å²) in [6.45, 7) is 8.78. The van der Waals surface area contributed by atoms with Gasteiger partial charge >= 0.3 is 0 Å². The first kappa shape index (κ1) is 10.2. The molecule has 0 spiro atoms. The van der Waals surface area contributed by atoms with Crippen LogP contribution >= 0.6 is 0 Å². The lowest BCUT2D eigenvalue weighted by molar-refractivity contribution is 0.408. The van der Waals surface area contributed by atoms with Crippen molar-refractivity contribution in [2.45, 2.75) is 39.7 Å². The second-order valence-electron chi connectivity index (χ2n) is 4.96. The molecule has 0 radical (unpaired) electrons. The van der Waals surface area contributed by atoms with Crippen LogP contribution in [0.5, 0.6) is 0 Å². The highest BCUT2D eigenvalue weighted by Gasteiger charge is 2.15. The van der Waals surface area contributed by atoms with Crippen LogP contribution in [0.3, 0.4) is 0 Å². The van der Waals surface area contributed by atoms with Crippen molar-refractivity contribution in [3.63, 3.8) is 0 Å². The Morgan fingerprint density at radius 2 is 2.00 bits per heavy atom. The number of fused-ring (bicyclic) bond motifs is 1. The third-order valence-corrected chi connectivity index (χ3v) is 2.74. The van der Waals surface area contributed by atoms with Crippen molar-refractivity contribution in [3.8, 4) is 0 Å². The van der Waals surface area contributed by atoms with Crippen molar-refractivity contribution in [2.75, 3.05) is 0 Å². The number of hydrogen-bond donors (Lipinski definition) is 0. The summed E-state index contributed by atoms with van der Waals surface area (Å²) in [6, 6.07) is 6.51. The zero-order valence-corrected chi connectivity index (χ0v) is 9.91. The highest BCUT2D eigenvalue weighted by atomic mass is 15.1. The number of nitrogens with zero attached hydrogens (tertiary/aromatic N) is 2. The first-order valence-corrected chi connectivity index (χ1v) is 5.49. The molecule has 2 aromatic rings. The van der Waals surface area contributed by atoms with Crippen molar-refractivity contribution >= 4 is 11.0 Å². The molecule has 0 atom stereocenters. The van der Waals surface area contributed by atoms with E-state index >= 15 is 0 Å². The van der Waals surface area contributed by atoms with Gasteiger partial charge in [0.1, 0.15) is 0 Å². The molecule has 0 aliphatic rings. The highest BCUT2D eigenvalue weighted by Crippen LogP contribution is 2.22. The van der Waals surface area contributed by atoms with Crippen LogP contribution in [0, 0.1) is 0 Å². The van der Waals surface area contributed by atoms with E-state index in [0.29, 0.717) is 0 Å². The normalized spacial score (nSPS) is 12.3. The molecule has 1 aromatic carbocycles. The fourth-order valence-corrected chi connectivity index (χ4v) is 1.81. The summed E-state index contributed by atoms with van der Waals surface area (Å²) in [5, 5.41) is 0. The number of aromatic nitrogens is 2. The molecule has 1 aromatic heterocycles. The van der Waals surface area contributed by atoms with Crippen molar-refractivity contribution in [3.05, 3.63) is 30.1 Å². The summed E-state index contributed by atoms with van der Waals surface area (Å²) in [5.74, 6) is 0. The fraction of sp³-hybridized carbons (Fsp3) is 0.462. The minimum absolute atomic E-state index is 0.0983. The van der Waals surface area contributed by atoms with Gasteiger partial charge in [0.2, 0.25) is 0 Å². The lowest BCUT2D eigenvalue weighted by atomic mass is 10.1. The number of benzene rings is 1. The van der Waals surface area contributed by atoms with Gasteiger partial charge in [-0.25, -0.2) is 4.98 Å². The van der Waals surface area contributed by atoms with Crippen LogP contribution in [-0.2, 0) is 12.0 Å². The van der Waals surface area contributed by atoms with Gasteiger partial charge in [0.05, 0.1) is 17.4 Å². The SMILES string of the molecule is CCc1ccc2ncn(C(C)(C)C)c2c1. The minimum atomic E-state index is 0.0983. The maximum absolute atomic E-state index is 4.42. The molecule has 80 valence electrons. The molecule has 15 heavy (non-hydrogen) atoms. The summed E-state index contributed by atoms with van der Waals surface area (Å²) in [6.07, 6.45) is 3.01. The Hall–Kier alpha value is -1.31. The predicted octanol–water partition coefficient (Wildman–Crippen LogP) is 3.35. The summed E-state index contributed by atoms with van der Waals surface area (Å²) in [4.78, 5) is 4.42. The van der Waals surface area contributed by atoms with Gasteiger partial charge in [-0.15, -0.1) is 0 Å². The molecular weight excluding hydrogens is 184 g/mol. The molecule has 0 saturated carbocycles. The van der Waals surface area contributed by atoms with Crippen molar-refractivity contribution in [2.24, 2.45) is 0 Å². The quantitative estimate of drug-likeness (QED) is 0.693. The smallest absolute Gasteiger partial charge is 0.0963 e. The van der Waals surface area contributed by atoms with Gasteiger partial charge in [-0.2, -0.15) is 0 Å². The molecule has 0 aliphatic carbocycles. The van der Waals surface area contributed by atoms with E-state index in [9.17, 15) is 0 Å². The molecule has 0 unspecified atom stereocenters. The first-order valence-electron chi connectivity index (χ1n) is 5.49. The number of hydrogen-bond acceptors (Lipinski definition) is 1. The van der Waals surface area contributed by atoms with Gasteiger partial charge in [-0.3, -0.25) is 0 Å². The number of aryl methyl sites for hydroxylation is 1. The van der Waals surface area contributed by atoms with Crippen molar-refractivity contribution in [1.29, 1.82) is 0 Å². The first-order chi connectivity index (χ1) is 7.02. The molecular formula is C13H18N2. The standard InChI is InChI=1S/C13H18N2/c1-5-10-6-7-11-12(8-10)15(9-14-11)13(2,3)4/h6-9H,5H2,1-4H3. The van der Waals surface area contributed by atoms with Crippen LogP contribution in [0.25, 0.3) is 11.0 Å². The van der Waals surface area contributed by atoms with Gasteiger partial charge in [0, 0.05) is 5.54 Å². The zero-order chi connectivity index (χ0) is 11.1. The van der Waals surface area contributed by atoms with Gasteiger partial charge in [0.25, 0.3) is 0 Å². The molecule has 2 heteroatoms. The molecule has 0 bridgehead atoms. The Labute approximate surface area is 90.9 Å². The van der Waals surface area contributed by atoms with E-state index in [1.54, 1.807) is 0 Å². The monoisotopic (exact) mass is 202 g/mol. The number of imidazole rings is 1. The lowest BCUT2D eigenvalue weighted by Crippen LogP contribution is -2.20. The van der Waals surface area contributed by atoms with E-state index in [1.807, 2.05) is 6.33 Å². The van der Waals surface area contributed by atoms with E-state index in [4.69, 9.17) is 0 Å². The van der Waals surface area contributed by atoms with Crippen LogP contribution < -0.4 is 0 Å². The average molecular weight is 202 g/mol. The van der Waals surface area contributed by atoms with E-state index in [1.165, 1.54) is 11.1 Å². The van der Waals surface area contributed by atoms with Crippen LogP contribution in [0.1, 0.15) is 33.3 Å². The highest BCUT2D eigenvalue weighted by molar-refractivity contribution is 5.76. The summed E-state index contributed by atoms with van der Waals surface area (Å²) in [5.41, 5.74) is 3.79. The molecule has 0 aliphatic heterocycles. The van der Waals surface area contributed by atoms with Gasteiger partial charge < -0.3 is 4.57 Å². The predicted molar refractivity (Wildman–Crippen MR) is 64.1 cm³/mol. The van der Waals surface area contributed by atoms with E-state index in [2.05, 4.69) is 55.4 Å². The third kappa shape index (κ3) is 1.76. The second-order valence-corrected chi connectivity index (χ2v) is 4.96. The maximum atomic E-state index is 4.42. The van der Waals surface area contributed by atoms with Gasteiger partial charge in [-0.05, 0) is 44.9 Å². The Kier molecular flexibility index (Phi) is 2.29. The van der Waals surface area contributed by atoms with Crippen molar-refractivity contribution in [1.82, 2.24) is 9.55 Å². The van der Waals surface area contributed by atoms with Crippen molar-refractivity contribution < 1.29 is 0 Å². The molecule has 0 saturated heterocycles.